The average molecular weight is 297 g/mol. The van der Waals surface area contributed by atoms with Crippen molar-refractivity contribution in [1.82, 2.24) is 0 Å². The van der Waals surface area contributed by atoms with E-state index in [1.54, 1.807) is 0 Å². The van der Waals surface area contributed by atoms with Gasteiger partial charge in [-0.1, -0.05) is 0 Å². The zero-order valence-electron chi connectivity index (χ0n) is 10.3. The van der Waals surface area contributed by atoms with Crippen molar-refractivity contribution in [2.24, 2.45) is 0 Å². The second-order valence-corrected chi connectivity index (χ2v) is 5.10. The van der Waals surface area contributed by atoms with E-state index in [4.69, 9.17) is 0 Å². The normalized spacial score (nSPS) is 7.82. The van der Waals surface area contributed by atoms with E-state index in [9.17, 15) is 29.4 Å². The molecule has 0 amide bonds. The van der Waals surface area contributed by atoms with Crippen LogP contribution in [0.2, 0.25) is 5.02 Å². The number of Topliss-reactive ketones (excluding diaryl/α,β-unsaturated/α-hetero) is 2. The molecule has 0 bridgehead atoms. The summed E-state index contributed by atoms with van der Waals surface area (Å²) in [6.45, 7) is 4.59. The van der Waals surface area contributed by atoms with Crippen molar-refractivity contribution in [3.63, 3.8) is 0 Å². The Kier molecular flexibility index (Phi) is 18.6. The third kappa shape index (κ3) is 52.1. The van der Waals surface area contributed by atoms with Crippen LogP contribution >= 0.6 is 0 Å². The predicted octanol–water partition coefficient (Wildman–Crippen LogP) is -1.60. The van der Waals surface area contributed by atoms with Gasteiger partial charge in [0, 0.05) is 24.8 Å². The van der Waals surface area contributed by atoms with Crippen molar-refractivity contribution in [3.05, 3.63) is 0 Å². The number of carbonyl (C=O) groups excluding carboxylic acids is 4. The minimum absolute atomic E-state index is 0.375. The van der Waals surface area contributed by atoms with Gasteiger partial charge in [0.05, 0.1) is 0 Å². The first-order chi connectivity index (χ1) is 7.67. The van der Waals surface area contributed by atoms with Gasteiger partial charge in [0.2, 0.25) is 0 Å². The van der Waals surface area contributed by atoms with E-state index >= 15 is 0 Å². The maximum absolute atomic E-state index is 9.83. The van der Waals surface area contributed by atoms with Crippen LogP contribution in [0.5, 0.6) is 0 Å². The maximum atomic E-state index is 9.83. The van der Waals surface area contributed by atoms with Crippen LogP contribution in [0.25, 0.3) is 0 Å². The first kappa shape index (κ1) is 21.2. The van der Waals surface area contributed by atoms with Crippen molar-refractivity contribution < 1.29 is 47.7 Å². The molecule has 0 aliphatic carbocycles. The van der Waals surface area contributed by atoms with Crippen LogP contribution in [0.4, 0.5) is 0 Å². The van der Waals surface area contributed by atoms with E-state index in [0.29, 0.717) is 0 Å². The van der Waals surface area contributed by atoms with Crippen LogP contribution in [-0.2, 0) is 37.5 Å². The molecule has 0 spiro atoms. The fraction of sp³-hybridized carbons (Fsp3) is 0.600. The molecule has 0 aliphatic rings. The summed E-state index contributed by atoms with van der Waals surface area (Å²) in [7, 11) is 0. The molecule has 0 aromatic rings. The van der Waals surface area contributed by atoms with E-state index in [-0.39, 0.29) is 11.6 Å². The van der Waals surface area contributed by atoms with Gasteiger partial charge in [-0.2, -0.15) is 0 Å². The summed E-state index contributed by atoms with van der Waals surface area (Å²) in [4.78, 5) is 38.6. The van der Waals surface area contributed by atoms with Crippen molar-refractivity contribution >= 4 is 23.5 Å². The molecule has 0 aromatic heterocycles. The number of hydrogen-bond acceptors (Lipinski definition) is 6. The van der Waals surface area contributed by atoms with Crippen LogP contribution in [0.15, 0.2) is 0 Å². The Morgan fingerprint density at radius 1 is 0.882 bits per heavy atom. The van der Waals surface area contributed by atoms with Crippen LogP contribution in [-0.4, -0.2) is 23.5 Å². The van der Waals surface area contributed by atoms with Gasteiger partial charge in [0.1, 0.15) is 11.6 Å². The van der Waals surface area contributed by atoms with Gasteiger partial charge < -0.3 is 19.8 Å². The molecule has 6 nitrogen and oxygen atoms in total. The van der Waals surface area contributed by atoms with Gasteiger partial charge in [-0.25, -0.2) is 0 Å². The van der Waals surface area contributed by atoms with E-state index < -0.39 is 24.8 Å². The molecule has 0 saturated heterocycles. The first-order valence-corrected chi connectivity index (χ1v) is 6.94. The standard InChI is InChI=1S/2C4H6O3.C2H5.Zn/c2*1-3(5)2-4(6)7;1-2;/h2*2H2,1H3,(H,6,7);1H2,2H3;/q;;;+2/p-2. The van der Waals surface area contributed by atoms with E-state index in [0.717, 1.165) is 0 Å². The van der Waals surface area contributed by atoms with Gasteiger partial charge in [-0.15, -0.1) is 0 Å². The van der Waals surface area contributed by atoms with Crippen molar-refractivity contribution in [2.45, 2.75) is 38.6 Å². The SMILES string of the molecule is CC(=O)CC(=O)[O-].CC(=O)CC(=O)[O-].C[CH2][Zn+2]. The molecule has 0 rings (SSSR count). The molecule has 7 heteroatoms. The van der Waals surface area contributed by atoms with Crippen LogP contribution in [0, 0.1) is 0 Å². The number of carboxylic acid groups (broad SMARTS) is 2. The molecular formula is C10H15O6Zn. The Morgan fingerprint density at radius 2 is 1.06 bits per heavy atom. The van der Waals surface area contributed by atoms with Gasteiger partial charge in [-0.05, 0) is 13.8 Å². The Hall–Kier alpha value is -1.10. The predicted molar refractivity (Wildman–Crippen MR) is 51.1 cm³/mol. The summed E-state index contributed by atoms with van der Waals surface area (Å²) >= 11 is 1.44. The molecular weight excluding hydrogens is 281 g/mol. The Balaban J connectivity index is -0.000000188. The molecule has 93 valence electrons. The number of hydrogen-bond donors (Lipinski definition) is 0. The molecule has 0 fully saturated rings. The number of carboxylic acids is 2. The summed E-state index contributed by atoms with van der Waals surface area (Å²) in [6.07, 6.45) is -0.944. The number of aliphatic carboxylic acids is 2. The Morgan fingerprint density at radius 3 is 1.06 bits per heavy atom. The van der Waals surface area contributed by atoms with Crippen LogP contribution in [0.3, 0.4) is 0 Å². The third-order valence-electron chi connectivity index (χ3n) is 0.787. The van der Waals surface area contributed by atoms with Gasteiger partial charge in [0.15, 0.2) is 0 Å². The summed E-state index contributed by atoms with van der Waals surface area (Å²) in [6, 6.07) is 0. The molecule has 0 N–H and O–H groups in total. The zero-order valence-corrected chi connectivity index (χ0v) is 13.2. The van der Waals surface area contributed by atoms with Crippen molar-refractivity contribution in [1.29, 1.82) is 0 Å². The summed E-state index contributed by atoms with van der Waals surface area (Å²) < 4.78 is 0. The fourth-order valence-corrected chi connectivity index (χ4v) is 0.407. The molecule has 0 aromatic carbocycles. The van der Waals surface area contributed by atoms with Gasteiger partial charge in [-0.3, -0.25) is 9.59 Å². The summed E-state index contributed by atoms with van der Waals surface area (Å²) in [5.74, 6) is -3.37. The fourth-order valence-electron chi connectivity index (χ4n) is 0.407. The molecule has 0 atom stereocenters. The monoisotopic (exact) mass is 295 g/mol. The van der Waals surface area contributed by atoms with Crippen LogP contribution < -0.4 is 10.2 Å². The summed E-state index contributed by atoms with van der Waals surface area (Å²) in [5.41, 5.74) is 0. The average Bonchev–Trinajstić information content (AvgIpc) is 1.99. The number of ketones is 2. The topological polar surface area (TPSA) is 114 Å². The second kappa shape index (κ2) is 14.9. The number of carbonyl (C=O) groups is 4. The molecule has 17 heavy (non-hydrogen) atoms. The first-order valence-electron chi connectivity index (χ1n) is 4.85. The van der Waals surface area contributed by atoms with E-state index in [1.165, 1.54) is 37.2 Å². The molecule has 0 heterocycles. The van der Waals surface area contributed by atoms with Gasteiger partial charge in [0.25, 0.3) is 0 Å². The number of rotatable bonds is 4. The van der Waals surface area contributed by atoms with Crippen LogP contribution in [0.1, 0.15) is 33.6 Å². The summed E-state index contributed by atoms with van der Waals surface area (Å²) in [5, 5.41) is 20.3. The second-order valence-electron chi connectivity index (χ2n) is 3.00. The quantitative estimate of drug-likeness (QED) is 0.456. The molecule has 0 aliphatic heterocycles. The Labute approximate surface area is 110 Å². The minimum atomic E-state index is -1.31. The van der Waals surface area contributed by atoms with Gasteiger partial charge >= 0.3 is 30.2 Å². The third-order valence-corrected chi connectivity index (χ3v) is 0.787. The van der Waals surface area contributed by atoms with Crippen molar-refractivity contribution in [3.8, 4) is 0 Å². The van der Waals surface area contributed by atoms with E-state index in [1.807, 2.05) is 0 Å². The van der Waals surface area contributed by atoms with Crippen molar-refractivity contribution in [2.75, 3.05) is 0 Å². The zero-order chi connectivity index (χ0) is 14.4. The van der Waals surface area contributed by atoms with E-state index in [2.05, 4.69) is 6.92 Å². The molecule has 0 saturated carbocycles. The Bertz CT molecular complexity index is 212. The molecule has 0 radical (unpaired) electrons. The molecule has 0 unspecified atom stereocenters.